The number of benzene rings is 2. The first-order valence-corrected chi connectivity index (χ1v) is 7.78. The van der Waals surface area contributed by atoms with Gasteiger partial charge in [-0.2, -0.15) is 0 Å². The van der Waals surface area contributed by atoms with Crippen LogP contribution in [0.4, 0.5) is 0 Å². The molecule has 0 atom stereocenters. The van der Waals surface area contributed by atoms with Gasteiger partial charge in [0.25, 0.3) is 0 Å². The lowest BCUT2D eigenvalue weighted by Crippen LogP contribution is -2.27. The molecule has 2 aromatic rings. The monoisotopic (exact) mass is 313 g/mol. The molecule has 122 valence electrons. The fourth-order valence-corrected chi connectivity index (χ4v) is 2.57. The average Bonchev–Trinajstić information content (AvgIpc) is 2.59. The van der Waals surface area contributed by atoms with Gasteiger partial charge in [0.2, 0.25) is 0 Å². The summed E-state index contributed by atoms with van der Waals surface area (Å²) in [5.74, 6) is -0.897. The largest absolute Gasteiger partial charge is 0.478 e. The van der Waals surface area contributed by atoms with Crippen molar-refractivity contribution in [1.82, 2.24) is 4.90 Å². The molecule has 0 unspecified atom stereocenters. The van der Waals surface area contributed by atoms with Crippen LogP contribution in [-0.4, -0.2) is 42.8 Å². The summed E-state index contributed by atoms with van der Waals surface area (Å²) in [7, 11) is 1.69. The molecule has 0 amide bonds. The van der Waals surface area contributed by atoms with Gasteiger partial charge in [0, 0.05) is 20.2 Å². The van der Waals surface area contributed by atoms with Crippen molar-refractivity contribution in [3.05, 3.63) is 59.7 Å². The Hall–Kier alpha value is -2.17. The minimum atomic E-state index is -0.897. The predicted octanol–water partition coefficient (Wildman–Crippen LogP) is 3.52. The molecule has 2 rings (SSSR count). The summed E-state index contributed by atoms with van der Waals surface area (Å²) in [6.45, 7) is 5.16. The molecular formula is C19H23NO3. The summed E-state index contributed by atoms with van der Waals surface area (Å²) in [4.78, 5) is 13.5. The second-order valence-corrected chi connectivity index (χ2v) is 5.40. The number of ether oxygens (including phenoxy) is 1. The van der Waals surface area contributed by atoms with E-state index in [0.717, 1.165) is 29.8 Å². The number of nitrogens with zero attached hydrogens (tertiary/aromatic N) is 1. The smallest absolute Gasteiger partial charge is 0.335 e. The van der Waals surface area contributed by atoms with Gasteiger partial charge in [0.05, 0.1) is 12.2 Å². The molecule has 4 heteroatoms. The van der Waals surface area contributed by atoms with Gasteiger partial charge in [-0.25, -0.2) is 4.79 Å². The van der Waals surface area contributed by atoms with Crippen LogP contribution < -0.4 is 0 Å². The number of methoxy groups -OCH3 is 1. The molecular weight excluding hydrogens is 290 g/mol. The highest BCUT2D eigenvalue weighted by Crippen LogP contribution is 2.26. The number of carbonyl (C=O) groups is 1. The number of carboxylic acids is 1. The maximum Gasteiger partial charge on any atom is 0.335 e. The first-order chi connectivity index (χ1) is 11.2. The Labute approximate surface area is 137 Å². The van der Waals surface area contributed by atoms with Crippen molar-refractivity contribution in [3.63, 3.8) is 0 Å². The van der Waals surface area contributed by atoms with Crippen LogP contribution in [0.2, 0.25) is 0 Å². The van der Waals surface area contributed by atoms with Crippen LogP contribution >= 0.6 is 0 Å². The topological polar surface area (TPSA) is 49.8 Å². The zero-order valence-electron chi connectivity index (χ0n) is 13.7. The van der Waals surface area contributed by atoms with E-state index in [0.29, 0.717) is 18.7 Å². The molecule has 2 aromatic carbocycles. The lowest BCUT2D eigenvalue weighted by Gasteiger charge is -2.22. The Morgan fingerprint density at radius 1 is 1.17 bits per heavy atom. The summed E-state index contributed by atoms with van der Waals surface area (Å²) in [6.07, 6.45) is 0. The maximum atomic E-state index is 11.3. The van der Waals surface area contributed by atoms with Crippen LogP contribution in [0.15, 0.2) is 48.5 Å². The highest BCUT2D eigenvalue weighted by molar-refractivity contribution is 5.89. The molecule has 0 aliphatic heterocycles. The average molecular weight is 313 g/mol. The van der Waals surface area contributed by atoms with Crippen molar-refractivity contribution in [3.8, 4) is 11.1 Å². The summed E-state index contributed by atoms with van der Waals surface area (Å²) in [5.41, 5.74) is 3.52. The van der Waals surface area contributed by atoms with E-state index in [1.54, 1.807) is 19.2 Å². The molecule has 0 bridgehead atoms. The molecule has 0 saturated carbocycles. The van der Waals surface area contributed by atoms with Crippen molar-refractivity contribution in [2.75, 3.05) is 26.8 Å². The highest BCUT2D eigenvalue weighted by Gasteiger charge is 2.12. The molecule has 4 nitrogen and oxygen atoms in total. The highest BCUT2D eigenvalue weighted by atomic mass is 16.5. The third-order valence-electron chi connectivity index (χ3n) is 3.89. The Balaban J connectivity index is 2.36. The van der Waals surface area contributed by atoms with Gasteiger partial charge in [0.1, 0.15) is 0 Å². The molecule has 0 aliphatic carbocycles. The Morgan fingerprint density at radius 2 is 1.91 bits per heavy atom. The minimum Gasteiger partial charge on any atom is -0.478 e. The number of rotatable bonds is 8. The molecule has 0 fully saturated rings. The van der Waals surface area contributed by atoms with Crippen molar-refractivity contribution in [2.24, 2.45) is 0 Å². The molecule has 23 heavy (non-hydrogen) atoms. The van der Waals surface area contributed by atoms with Crippen molar-refractivity contribution in [1.29, 1.82) is 0 Å². The van der Waals surface area contributed by atoms with Gasteiger partial charge >= 0.3 is 5.97 Å². The van der Waals surface area contributed by atoms with Crippen LogP contribution in [0, 0.1) is 0 Å². The summed E-state index contributed by atoms with van der Waals surface area (Å²) in [5, 5.41) is 9.27. The number of hydrogen-bond donors (Lipinski definition) is 1. The van der Waals surface area contributed by atoms with Crippen LogP contribution in [0.3, 0.4) is 0 Å². The second kappa shape index (κ2) is 8.46. The van der Waals surface area contributed by atoms with E-state index >= 15 is 0 Å². The molecule has 0 aliphatic rings. The lowest BCUT2D eigenvalue weighted by atomic mass is 9.97. The van der Waals surface area contributed by atoms with Gasteiger partial charge in [-0.3, -0.25) is 4.90 Å². The van der Waals surface area contributed by atoms with Crippen LogP contribution in [0.5, 0.6) is 0 Å². The molecule has 0 aromatic heterocycles. The van der Waals surface area contributed by atoms with E-state index in [9.17, 15) is 9.90 Å². The first kappa shape index (κ1) is 17.2. The minimum absolute atomic E-state index is 0.322. The summed E-state index contributed by atoms with van der Waals surface area (Å²) >= 11 is 0. The van der Waals surface area contributed by atoms with E-state index in [4.69, 9.17) is 4.74 Å². The molecule has 0 spiro atoms. The van der Waals surface area contributed by atoms with E-state index in [2.05, 4.69) is 11.8 Å². The van der Waals surface area contributed by atoms with E-state index < -0.39 is 5.97 Å². The van der Waals surface area contributed by atoms with Gasteiger partial charge in [-0.1, -0.05) is 43.3 Å². The Morgan fingerprint density at radius 3 is 2.52 bits per heavy atom. The predicted molar refractivity (Wildman–Crippen MR) is 91.7 cm³/mol. The summed E-state index contributed by atoms with van der Waals surface area (Å²) in [6, 6.07) is 15.4. The zero-order valence-corrected chi connectivity index (χ0v) is 13.7. The van der Waals surface area contributed by atoms with E-state index in [-0.39, 0.29) is 0 Å². The molecule has 0 saturated heterocycles. The van der Waals surface area contributed by atoms with Gasteiger partial charge < -0.3 is 9.84 Å². The third kappa shape index (κ3) is 4.65. The van der Waals surface area contributed by atoms with Crippen LogP contribution in [0.1, 0.15) is 22.8 Å². The van der Waals surface area contributed by atoms with E-state index in [1.165, 1.54) is 0 Å². The Bertz CT molecular complexity index is 640. The van der Waals surface area contributed by atoms with Gasteiger partial charge in [-0.05, 0) is 35.4 Å². The fraction of sp³-hybridized carbons (Fsp3) is 0.316. The maximum absolute atomic E-state index is 11.3. The molecule has 0 heterocycles. The van der Waals surface area contributed by atoms with Gasteiger partial charge in [-0.15, -0.1) is 0 Å². The number of aromatic carboxylic acids is 1. The third-order valence-corrected chi connectivity index (χ3v) is 3.89. The lowest BCUT2D eigenvalue weighted by molar-refractivity contribution is 0.0696. The van der Waals surface area contributed by atoms with Gasteiger partial charge in [0.15, 0.2) is 0 Å². The number of likely N-dealkylation sites (N-methyl/N-ethyl adjacent to an activating group) is 1. The SMILES string of the molecule is CCN(CCOC)Cc1cc(C(=O)O)ccc1-c1ccccc1. The number of carboxylic acid groups (broad SMARTS) is 1. The normalized spacial score (nSPS) is 10.9. The quantitative estimate of drug-likeness (QED) is 0.810. The second-order valence-electron chi connectivity index (χ2n) is 5.40. The van der Waals surface area contributed by atoms with E-state index in [1.807, 2.05) is 36.4 Å². The first-order valence-electron chi connectivity index (χ1n) is 7.78. The van der Waals surface area contributed by atoms with Crippen molar-refractivity contribution in [2.45, 2.75) is 13.5 Å². The fourth-order valence-electron chi connectivity index (χ4n) is 2.57. The molecule has 0 radical (unpaired) electrons. The van der Waals surface area contributed by atoms with Crippen molar-refractivity contribution < 1.29 is 14.6 Å². The standard InChI is InChI=1S/C19H23NO3/c1-3-20(11-12-23-2)14-17-13-16(19(21)22)9-10-18(17)15-7-5-4-6-8-15/h4-10,13H,3,11-12,14H2,1-2H3,(H,21,22). The van der Waals surface area contributed by atoms with Crippen LogP contribution in [-0.2, 0) is 11.3 Å². The molecule has 1 N–H and O–H groups in total. The summed E-state index contributed by atoms with van der Waals surface area (Å²) < 4.78 is 5.15. The van der Waals surface area contributed by atoms with Crippen molar-refractivity contribution >= 4 is 5.97 Å². The zero-order chi connectivity index (χ0) is 16.7. The number of hydrogen-bond acceptors (Lipinski definition) is 3. The Kier molecular flexibility index (Phi) is 6.32. The van der Waals surface area contributed by atoms with Crippen LogP contribution in [0.25, 0.3) is 11.1 Å².